The molecule has 0 saturated heterocycles. The third-order valence-electron chi connectivity index (χ3n) is 5.14. The van der Waals surface area contributed by atoms with Gasteiger partial charge in [0.1, 0.15) is 17.2 Å². The van der Waals surface area contributed by atoms with Crippen molar-refractivity contribution in [2.24, 2.45) is 0 Å². The number of rotatable bonds is 6. The number of aromatic nitrogens is 1. The number of benzene rings is 3. The molecule has 0 N–H and O–H groups in total. The molecule has 0 fully saturated rings. The summed E-state index contributed by atoms with van der Waals surface area (Å²) in [5.41, 5.74) is 5.32. The predicted octanol–water partition coefficient (Wildman–Crippen LogP) is 7.36. The van der Waals surface area contributed by atoms with Gasteiger partial charge in [-0.15, -0.1) is 0 Å². The summed E-state index contributed by atoms with van der Waals surface area (Å²) in [6.45, 7) is 0. The summed E-state index contributed by atoms with van der Waals surface area (Å²) in [7, 11) is 5.01. The van der Waals surface area contributed by atoms with Crippen LogP contribution in [0.15, 0.2) is 82.0 Å². The number of ether oxygens (including phenoxy) is 3. The number of halogens is 2. The lowest BCUT2D eigenvalue weighted by Crippen LogP contribution is -1.95. The molecule has 6 heteroatoms. The van der Waals surface area contributed by atoms with Gasteiger partial charge in [-0.3, -0.25) is 4.57 Å². The van der Waals surface area contributed by atoms with Gasteiger partial charge < -0.3 is 14.2 Å². The van der Waals surface area contributed by atoms with Gasteiger partial charge in [0, 0.05) is 16.8 Å². The van der Waals surface area contributed by atoms with Gasteiger partial charge in [-0.2, -0.15) is 0 Å². The minimum absolute atomic E-state index is 0.814. The van der Waals surface area contributed by atoms with Crippen LogP contribution in [0.2, 0.25) is 0 Å². The highest BCUT2D eigenvalue weighted by atomic mass is 79.9. The van der Waals surface area contributed by atoms with E-state index in [1.807, 2.05) is 48.5 Å². The van der Waals surface area contributed by atoms with Gasteiger partial charge >= 0.3 is 0 Å². The molecule has 0 saturated carbocycles. The summed E-state index contributed by atoms with van der Waals surface area (Å²) < 4.78 is 20.0. The molecule has 3 aromatic carbocycles. The minimum atomic E-state index is 0.814. The van der Waals surface area contributed by atoms with E-state index in [0.29, 0.717) is 0 Å². The molecule has 31 heavy (non-hydrogen) atoms. The molecule has 0 radical (unpaired) electrons. The topological polar surface area (TPSA) is 32.6 Å². The first-order valence-corrected chi connectivity index (χ1v) is 11.2. The van der Waals surface area contributed by atoms with Crippen LogP contribution in [0.25, 0.3) is 27.9 Å². The number of nitrogens with zero attached hydrogens (tertiary/aromatic N) is 1. The Morgan fingerprint density at radius 3 is 1.16 bits per heavy atom. The fourth-order valence-electron chi connectivity index (χ4n) is 3.52. The van der Waals surface area contributed by atoms with Gasteiger partial charge in [-0.25, -0.2) is 0 Å². The number of hydrogen-bond donors (Lipinski definition) is 0. The number of methoxy groups -OCH3 is 3. The highest BCUT2D eigenvalue weighted by Gasteiger charge is 2.23. The summed E-state index contributed by atoms with van der Waals surface area (Å²) in [5.74, 6) is 2.45. The Kier molecular flexibility index (Phi) is 6.39. The van der Waals surface area contributed by atoms with Crippen molar-refractivity contribution in [1.29, 1.82) is 0 Å². The molecule has 0 bridgehead atoms. The van der Waals surface area contributed by atoms with E-state index in [2.05, 4.69) is 60.7 Å². The van der Waals surface area contributed by atoms with Crippen molar-refractivity contribution in [3.63, 3.8) is 0 Å². The van der Waals surface area contributed by atoms with Crippen molar-refractivity contribution in [1.82, 2.24) is 4.57 Å². The van der Waals surface area contributed by atoms with Crippen molar-refractivity contribution in [3.8, 4) is 45.2 Å². The lowest BCUT2D eigenvalue weighted by Gasteiger charge is -2.09. The third-order valence-corrected chi connectivity index (χ3v) is 6.65. The van der Waals surface area contributed by atoms with Crippen molar-refractivity contribution in [2.75, 3.05) is 21.3 Å². The molecular weight excluding hydrogens is 522 g/mol. The van der Waals surface area contributed by atoms with Gasteiger partial charge in [0.15, 0.2) is 0 Å². The molecule has 0 aliphatic carbocycles. The average molecular weight is 543 g/mol. The Hall–Kier alpha value is -2.70. The van der Waals surface area contributed by atoms with Gasteiger partial charge in [0.2, 0.25) is 0 Å². The highest BCUT2D eigenvalue weighted by molar-refractivity contribution is 9.11. The maximum atomic E-state index is 5.34. The second kappa shape index (κ2) is 9.20. The van der Waals surface area contributed by atoms with Crippen LogP contribution < -0.4 is 14.2 Å². The Morgan fingerprint density at radius 2 is 0.839 bits per heavy atom. The van der Waals surface area contributed by atoms with Crippen LogP contribution in [-0.2, 0) is 0 Å². The molecule has 0 spiro atoms. The van der Waals surface area contributed by atoms with Gasteiger partial charge in [-0.05, 0) is 91.5 Å². The van der Waals surface area contributed by atoms with Crippen molar-refractivity contribution < 1.29 is 14.2 Å². The van der Waals surface area contributed by atoms with Crippen LogP contribution in [0, 0.1) is 0 Å². The molecule has 4 nitrogen and oxygen atoms in total. The third kappa shape index (κ3) is 4.10. The zero-order valence-corrected chi connectivity index (χ0v) is 20.5. The molecule has 1 aromatic heterocycles. The monoisotopic (exact) mass is 541 g/mol. The van der Waals surface area contributed by atoms with Crippen molar-refractivity contribution >= 4 is 31.9 Å². The van der Waals surface area contributed by atoms with Gasteiger partial charge in [0.05, 0.1) is 30.5 Å². The molecule has 0 unspecified atom stereocenters. The Balaban J connectivity index is 1.95. The zero-order chi connectivity index (χ0) is 22.0. The fraction of sp³-hybridized carbons (Fsp3) is 0.120. The second-order valence-electron chi connectivity index (χ2n) is 6.82. The largest absolute Gasteiger partial charge is 0.497 e. The Morgan fingerprint density at radius 1 is 0.516 bits per heavy atom. The molecular formula is C25H21Br2NO3. The van der Waals surface area contributed by atoms with Crippen molar-refractivity contribution in [3.05, 3.63) is 82.0 Å². The lowest BCUT2D eigenvalue weighted by molar-refractivity contribution is 0.414. The standard InChI is InChI=1S/C25H21Br2NO3/c1-29-19-10-4-16(5-11-19)22-23(17-6-12-20(30-2)13-7-17)25(27)28(24(22)26)18-8-14-21(31-3)15-9-18/h4-15H,1-3H3. The van der Waals surface area contributed by atoms with E-state index in [-0.39, 0.29) is 0 Å². The maximum Gasteiger partial charge on any atom is 0.119 e. The van der Waals surface area contributed by atoms with Crippen LogP contribution in [0.5, 0.6) is 17.2 Å². The Labute approximate surface area is 198 Å². The van der Waals surface area contributed by atoms with Crippen LogP contribution in [0.1, 0.15) is 0 Å². The zero-order valence-electron chi connectivity index (χ0n) is 17.4. The summed E-state index contributed by atoms with van der Waals surface area (Å²) in [6, 6.07) is 24.1. The van der Waals surface area contributed by atoms with Crippen LogP contribution in [0.3, 0.4) is 0 Å². The summed E-state index contributed by atoms with van der Waals surface area (Å²) in [4.78, 5) is 0. The molecule has 4 aromatic rings. The summed E-state index contributed by atoms with van der Waals surface area (Å²) in [6.07, 6.45) is 0. The van der Waals surface area contributed by atoms with E-state index in [1.165, 1.54) is 0 Å². The van der Waals surface area contributed by atoms with E-state index >= 15 is 0 Å². The molecule has 0 aliphatic heterocycles. The van der Waals surface area contributed by atoms with E-state index in [4.69, 9.17) is 14.2 Å². The van der Waals surface area contributed by atoms with Crippen LogP contribution in [-0.4, -0.2) is 25.9 Å². The van der Waals surface area contributed by atoms with Crippen LogP contribution in [0.4, 0.5) is 0 Å². The highest BCUT2D eigenvalue weighted by Crippen LogP contribution is 2.47. The first-order valence-electron chi connectivity index (χ1n) is 9.60. The summed E-state index contributed by atoms with van der Waals surface area (Å²) in [5, 5.41) is 0. The van der Waals surface area contributed by atoms with Gasteiger partial charge in [0.25, 0.3) is 0 Å². The quantitative estimate of drug-likeness (QED) is 0.255. The van der Waals surface area contributed by atoms with Crippen molar-refractivity contribution in [2.45, 2.75) is 0 Å². The molecule has 0 amide bonds. The van der Waals surface area contributed by atoms with E-state index in [9.17, 15) is 0 Å². The SMILES string of the molecule is COc1ccc(-c2c(-c3ccc(OC)cc3)c(Br)n(-c3ccc(OC)cc3)c2Br)cc1. The first kappa shape index (κ1) is 21.5. The van der Waals surface area contributed by atoms with Crippen LogP contribution >= 0.6 is 31.9 Å². The number of hydrogen-bond acceptors (Lipinski definition) is 3. The smallest absolute Gasteiger partial charge is 0.119 e. The minimum Gasteiger partial charge on any atom is -0.497 e. The van der Waals surface area contributed by atoms with E-state index in [0.717, 1.165) is 54.4 Å². The first-order chi connectivity index (χ1) is 15.1. The molecule has 0 aliphatic rings. The molecule has 1 heterocycles. The molecule has 4 rings (SSSR count). The normalized spacial score (nSPS) is 10.7. The van der Waals surface area contributed by atoms with E-state index < -0.39 is 0 Å². The fourth-order valence-corrected chi connectivity index (χ4v) is 5.37. The second-order valence-corrected chi connectivity index (χ2v) is 8.32. The molecule has 0 atom stereocenters. The van der Waals surface area contributed by atoms with E-state index in [1.54, 1.807) is 21.3 Å². The molecule has 158 valence electrons. The van der Waals surface area contributed by atoms with Gasteiger partial charge in [-0.1, -0.05) is 24.3 Å². The lowest BCUT2D eigenvalue weighted by atomic mass is 9.99. The Bertz CT molecular complexity index is 1110. The average Bonchev–Trinajstić information content (AvgIpc) is 3.09. The maximum absolute atomic E-state index is 5.34. The summed E-state index contributed by atoms with van der Waals surface area (Å²) >= 11 is 7.74. The predicted molar refractivity (Wildman–Crippen MR) is 132 cm³/mol.